The van der Waals surface area contributed by atoms with Crippen LogP contribution in [0.3, 0.4) is 0 Å². The van der Waals surface area contributed by atoms with Crippen molar-refractivity contribution in [3.05, 3.63) is 74.6 Å². The molecule has 3 nitrogen and oxygen atoms in total. The monoisotopic (exact) mass is 370 g/mol. The molecular formula is C16H10ClF3N2OS. The molecule has 0 saturated heterocycles. The van der Waals surface area contributed by atoms with E-state index in [2.05, 4.69) is 4.98 Å². The number of halogens is 4. The lowest BCUT2D eigenvalue weighted by molar-refractivity contribution is -0.138. The molecule has 0 aliphatic carbocycles. The van der Waals surface area contributed by atoms with Gasteiger partial charge in [-0.15, -0.1) is 11.3 Å². The van der Waals surface area contributed by atoms with Gasteiger partial charge < -0.3 is 4.57 Å². The van der Waals surface area contributed by atoms with Crippen LogP contribution < -0.4 is 5.56 Å². The van der Waals surface area contributed by atoms with E-state index >= 15 is 0 Å². The van der Waals surface area contributed by atoms with Crippen LogP contribution in [0.4, 0.5) is 13.2 Å². The number of pyridine rings is 1. The molecule has 0 fully saturated rings. The van der Waals surface area contributed by atoms with Gasteiger partial charge in [0.2, 0.25) is 0 Å². The van der Waals surface area contributed by atoms with Gasteiger partial charge in [-0.3, -0.25) is 4.79 Å². The van der Waals surface area contributed by atoms with E-state index < -0.39 is 22.3 Å². The Hall–Kier alpha value is -2.12. The van der Waals surface area contributed by atoms with Crippen molar-refractivity contribution in [3.63, 3.8) is 0 Å². The Morgan fingerprint density at radius 2 is 1.92 bits per heavy atom. The van der Waals surface area contributed by atoms with Crippen molar-refractivity contribution < 1.29 is 13.2 Å². The summed E-state index contributed by atoms with van der Waals surface area (Å²) in [6.45, 7) is -0.0776. The normalized spacial score (nSPS) is 11.7. The van der Waals surface area contributed by atoms with Crippen molar-refractivity contribution in [1.29, 1.82) is 0 Å². The van der Waals surface area contributed by atoms with Gasteiger partial charge in [-0.2, -0.15) is 13.2 Å². The predicted molar refractivity (Wildman–Crippen MR) is 87.4 cm³/mol. The molecule has 0 unspecified atom stereocenters. The summed E-state index contributed by atoms with van der Waals surface area (Å²) < 4.78 is 39.5. The molecule has 0 saturated carbocycles. The van der Waals surface area contributed by atoms with Gasteiger partial charge in [0.25, 0.3) is 5.56 Å². The zero-order chi connectivity index (χ0) is 17.3. The van der Waals surface area contributed by atoms with Gasteiger partial charge in [-0.1, -0.05) is 41.9 Å². The third-order valence-corrected chi connectivity index (χ3v) is 4.49. The molecule has 0 bridgehead atoms. The topological polar surface area (TPSA) is 34.9 Å². The van der Waals surface area contributed by atoms with Crippen LogP contribution in [-0.4, -0.2) is 9.55 Å². The molecule has 0 radical (unpaired) electrons. The highest BCUT2D eigenvalue weighted by atomic mass is 35.5. The Morgan fingerprint density at radius 1 is 1.21 bits per heavy atom. The van der Waals surface area contributed by atoms with Crippen molar-refractivity contribution in [3.8, 4) is 10.6 Å². The zero-order valence-electron chi connectivity index (χ0n) is 12.0. The largest absolute Gasteiger partial charge is 0.417 e. The minimum absolute atomic E-state index is 0.0776. The zero-order valence-corrected chi connectivity index (χ0v) is 13.6. The minimum atomic E-state index is -4.57. The lowest BCUT2D eigenvalue weighted by atomic mass is 10.2. The molecule has 0 N–H and O–H groups in total. The molecule has 3 rings (SSSR count). The Labute approximate surface area is 144 Å². The minimum Gasteiger partial charge on any atom is -0.308 e. The Kier molecular flexibility index (Phi) is 4.47. The maximum absolute atomic E-state index is 12.9. The third kappa shape index (κ3) is 3.52. The molecule has 2 heterocycles. The van der Waals surface area contributed by atoms with Crippen LogP contribution in [0.25, 0.3) is 10.6 Å². The molecule has 0 spiro atoms. The average Bonchev–Trinajstić information content (AvgIpc) is 3.00. The van der Waals surface area contributed by atoms with E-state index in [-0.39, 0.29) is 6.54 Å². The van der Waals surface area contributed by atoms with Crippen molar-refractivity contribution >= 4 is 22.9 Å². The summed E-state index contributed by atoms with van der Waals surface area (Å²) in [6, 6.07) is 10.0. The number of alkyl halides is 3. The second-order valence-corrected chi connectivity index (χ2v) is 6.28. The van der Waals surface area contributed by atoms with Crippen molar-refractivity contribution in [2.45, 2.75) is 12.7 Å². The number of aromatic nitrogens is 2. The second kappa shape index (κ2) is 6.41. The van der Waals surface area contributed by atoms with E-state index in [0.717, 1.165) is 21.3 Å². The highest BCUT2D eigenvalue weighted by Crippen LogP contribution is 2.30. The lowest BCUT2D eigenvalue weighted by Crippen LogP contribution is -2.23. The Bertz CT molecular complexity index is 919. The highest BCUT2D eigenvalue weighted by molar-refractivity contribution is 7.13. The van der Waals surface area contributed by atoms with Crippen LogP contribution in [0.1, 0.15) is 11.3 Å². The quantitative estimate of drug-likeness (QED) is 0.670. The predicted octanol–water partition coefficient (Wildman–Crippen LogP) is 4.69. The highest BCUT2D eigenvalue weighted by Gasteiger charge is 2.32. The first-order valence-electron chi connectivity index (χ1n) is 6.81. The number of nitrogens with zero attached hydrogens (tertiary/aromatic N) is 2. The molecule has 0 aliphatic rings. The average molecular weight is 371 g/mol. The fourth-order valence-electron chi connectivity index (χ4n) is 2.14. The van der Waals surface area contributed by atoms with E-state index in [9.17, 15) is 18.0 Å². The number of hydrogen-bond donors (Lipinski definition) is 0. The summed E-state index contributed by atoms with van der Waals surface area (Å²) in [5.41, 5.74) is -0.246. The summed E-state index contributed by atoms with van der Waals surface area (Å²) in [7, 11) is 0. The molecule has 124 valence electrons. The van der Waals surface area contributed by atoms with Gasteiger partial charge in [0.05, 0.1) is 17.8 Å². The number of rotatable bonds is 3. The van der Waals surface area contributed by atoms with Crippen molar-refractivity contribution in [2.75, 3.05) is 0 Å². The Balaban J connectivity index is 1.93. The van der Waals surface area contributed by atoms with E-state index in [1.165, 1.54) is 11.3 Å². The van der Waals surface area contributed by atoms with Gasteiger partial charge in [0, 0.05) is 17.1 Å². The molecule has 1 aromatic carbocycles. The summed E-state index contributed by atoms with van der Waals surface area (Å²) >= 11 is 7.00. The molecule has 3 aromatic rings. The van der Waals surface area contributed by atoms with Crippen LogP contribution in [0, 0.1) is 0 Å². The van der Waals surface area contributed by atoms with Crippen LogP contribution in [0.15, 0.2) is 52.8 Å². The summed E-state index contributed by atoms with van der Waals surface area (Å²) in [6.07, 6.45) is -3.81. The fraction of sp³-hybridized carbons (Fsp3) is 0.125. The first-order chi connectivity index (χ1) is 11.3. The van der Waals surface area contributed by atoms with E-state index in [1.54, 1.807) is 5.38 Å². The third-order valence-electron chi connectivity index (χ3n) is 3.27. The number of thiazole rings is 1. The summed E-state index contributed by atoms with van der Waals surface area (Å²) in [4.78, 5) is 16.3. The van der Waals surface area contributed by atoms with Gasteiger partial charge in [0.1, 0.15) is 10.0 Å². The molecular weight excluding hydrogens is 361 g/mol. The smallest absolute Gasteiger partial charge is 0.308 e. The maximum atomic E-state index is 12.9. The van der Waals surface area contributed by atoms with Crippen LogP contribution in [0.5, 0.6) is 0 Å². The lowest BCUT2D eigenvalue weighted by Gasteiger charge is -2.10. The number of benzene rings is 1. The van der Waals surface area contributed by atoms with E-state index in [4.69, 9.17) is 11.6 Å². The maximum Gasteiger partial charge on any atom is 0.417 e. The van der Waals surface area contributed by atoms with E-state index in [0.29, 0.717) is 11.8 Å². The Morgan fingerprint density at radius 3 is 2.58 bits per heavy atom. The van der Waals surface area contributed by atoms with Gasteiger partial charge in [0.15, 0.2) is 0 Å². The van der Waals surface area contributed by atoms with Gasteiger partial charge in [-0.25, -0.2) is 4.98 Å². The molecule has 0 atom stereocenters. The van der Waals surface area contributed by atoms with Gasteiger partial charge >= 0.3 is 6.18 Å². The standard InChI is InChI=1S/C16H10ClF3N2OS/c17-13-6-11(16(18,19)20)7-22(15(13)23)8-12-9-24-14(21-12)10-4-2-1-3-5-10/h1-7,9H,8H2. The molecule has 24 heavy (non-hydrogen) atoms. The second-order valence-electron chi connectivity index (χ2n) is 5.02. The first-order valence-corrected chi connectivity index (χ1v) is 8.07. The van der Waals surface area contributed by atoms with Crippen LogP contribution >= 0.6 is 22.9 Å². The summed E-state index contributed by atoms with van der Waals surface area (Å²) in [5.74, 6) is 0. The summed E-state index contributed by atoms with van der Waals surface area (Å²) in [5, 5.41) is 1.98. The van der Waals surface area contributed by atoms with Crippen LogP contribution in [-0.2, 0) is 12.7 Å². The number of hydrogen-bond acceptors (Lipinski definition) is 3. The first kappa shape index (κ1) is 16.7. The molecule has 0 amide bonds. The SMILES string of the molecule is O=c1c(Cl)cc(C(F)(F)F)cn1Cc1csc(-c2ccccc2)n1. The van der Waals surface area contributed by atoms with E-state index in [1.807, 2.05) is 30.3 Å². The molecule has 8 heteroatoms. The fourth-order valence-corrected chi connectivity index (χ4v) is 3.18. The molecule has 0 aliphatic heterocycles. The van der Waals surface area contributed by atoms with Gasteiger partial charge in [-0.05, 0) is 6.07 Å². The van der Waals surface area contributed by atoms with Crippen molar-refractivity contribution in [2.24, 2.45) is 0 Å². The van der Waals surface area contributed by atoms with Crippen molar-refractivity contribution in [1.82, 2.24) is 9.55 Å². The van der Waals surface area contributed by atoms with Crippen LogP contribution in [0.2, 0.25) is 5.02 Å². The molecule has 2 aromatic heterocycles.